The van der Waals surface area contributed by atoms with Gasteiger partial charge in [0.2, 0.25) is 10.0 Å². The van der Waals surface area contributed by atoms with Crippen LogP contribution in [-0.4, -0.2) is 37.7 Å². The van der Waals surface area contributed by atoms with Crippen LogP contribution in [0.25, 0.3) is 0 Å². The normalized spacial score (nSPS) is 16.1. The maximum Gasteiger partial charge on any atom is 0.335 e. The molecule has 1 aliphatic rings. The molecule has 7 nitrogen and oxygen atoms in total. The lowest BCUT2D eigenvalue weighted by Crippen LogP contribution is -2.34. The van der Waals surface area contributed by atoms with E-state index in [0.29, 0.717) is 23.2 Å². The molecule has 8 heteroatoms. The number of benzene rings is 2. The predicted molar refractivity (Wildman–Crippen MR) is 102 cm³/mol. The Kier molecular flexibility index (Phi) is 4.93. The van der Waals surface area contributed by atoms with Gasteiger partial charge in [0.15, 0.2) is 0 Å². The SMILES string of the molecule is CC1Cc2cc(C(=O)NCc3cccc(C(=O)O)c3)ccc2N1S(C)(=O)=O. The number of aromatic carboxylic acids is 1. The summed E-state index contributed by atoms with van der Waals surface area (Å²) in [7, 11) is -3.37. The first-order valence-corrected chi connectivity index (χ1v) is 10.2. The van der Waals surface area contributed by atoms with Gasteiger partial charge in [-0.05, 0) is 54.8 Å². The molecule has 1 heterocycles. The van der Waals surface area contributed by atoms with E-state index in [1.165, 1.54) is 22.7 Å². The number of carboxylic acid groups (broad SMARTS) is 1. The molecule has 0 aromatic heterocycles. The Morgan fingerprint density at radius 3 is 2.59 bits per heavy atom. The van der Waals surface area contributed by atoms with E-state index < -0.39 is 16.0 Å². The fourth-order valence-corrected chi connectivity index (χ4v) is 4.61. The van der Waals surface area contributed by atoms with Gasteiger partial charge < -0.3 is 10.4 Å². The number of sulfonamides is 1. The molecule has 2 aromatic rings. The van der Waals surface area contributed by atoms with E-state index in [1.807, 2.05) is 6.92 Å². The Balaban J connectivity index is 1.75. The first-order chi connectivity index (χ1) is 12.7. The molecule has 2 aromatic carbocycles. The van der Waals surface area contributed by atoms with Gasteiger partial charge in [-0.25, -0.2) is 13.2 Å². The minimum atomic E-state index is -3.37. The molecule has 27 heavy (non-hydrogen) atoms. The number of carbonyl (C=O) groups is 2. The highest BCUT2D eigenvalue weighted by Gasteiger charge is 2.32. The summed E-state index contributed by atoms with van der Waals surface area (Å²) in [5.41, 5.74) is 2.70. The molecule has 142 valence electrons. The molecule has 0 spiro atoms. The Morgan fingerprint density at radius 2 is 1.93 bits per heavy atom. The number of hydrogen-bond acceptors (Lipinski definition) is 4. The van der Waals surface area contributed by atoms with Crippen LogP contribution < -0.4 is 9.62 Å². The molecule has 1 amide bonds. The second-order valence-electron chi connectivity index (χ2n) is 6.64. The lowest BCUT2D eigenvalue weighted by atomic mass is 10.1. The van der Waals surface area contributed by atoms with E-state index in [2.05, 4.69) is 5.32 Å². The summed E-state index contributed by atoms with van der Waals surface area (Å²) in [6.07, 6.45) is 1.72. The van der Waals surface area contributed by atoms with E-state index in [0.717, 1.165) is 5.56 Å². The van der Waals surface area contributed by atoms with Gasteiger partial charge in [0.25, 0.3) is 5.91 Å². The van der Waals surface area contributed by atoms with Crippen molar-refractivity contribution in [3.63, 3.8) is 0 Å². The maximum atomic E-state index is 12.4. The highest BCUT2D eigenvalue weighted by Crippen LogP contribution is 2.34. The van der Waals surface area contributed by atoms with Crippen molar-refractivity contribution in [1.29, 1.82) is 0 Å². The highest BCUT2D eigenvalue weighted by atomic mass is 32.2. The maximum absolute atomic E-state index is 12.4. The number of carboxylic acids is 1. The van der Waals surface area contributed by atoms with E-state index in [1.54, 1.807) is 30.3 Å². The predicted octanol–water partition coefficient (Wildman–Crippen LogP) is 2.03. The zero-order valence-corrected chi connectivity index (χ0v) is 15.8. The first-order valence-electron chi connectivity index (χ1n) is 8.39. The number of anilines is 1. The summed E-state index contributed by atoms with van der Waals surface area (Å²) in [4.78, 5) is 23.4. The second-order valence-corrected chi connectivity index (χ2v) is 8.50. The lowest BCUT2D eigenvalue weighted by Gasteiger charge is -2.21. The number of rotatable bonds is 5. The minimum absolute atomic E-state index is 0.161. The average Bonchev–Trinajstić information content (AvgIpc) is 2.94. The minimum Gasteiger partial charge on any atom is -0.478 e. The van der Waals surface area contributed by atoms with Crippen molar-refractivity contribution in [3.8, 4) is 0 Å². The Labute approximate surface area is 157 Å². The molecule has 0 aliphatic carbocycles. The molecule has 2 N–H and O–H groups in total. The number of nitrogens with one attached hydrogen (secondary N) is 1. The van der Waals surface area contributed by atoms with Crippen LogP contribution in [0.5, 0.6) is 0 Å². The van der Waals surface area contributed by atoms with Crippen molar-refractivity contribution in [2.45, 2.75) is 25.9 Å². The Hall–Kier alpha value is -2.87. The number of carbonyl (C=O) groups excluding carboxylic acids is 1. The first kappa shape index (κ1) is 18.9. The standard InChI is InChI=1S/C19H20N2O5S/c1-12-8-16-10-14(6-7-17(16)21(12)27(2,25)26)18(22)20-11-13-4-3-5-15(9-13)19(23)24/h3-7,9-10,12H,8,11H2,1-2H3,(H,20,22)(H,23,24). The molecular weight excluding hydrogens is 368 g/mol. The second kappa shape index (κ2) is 7.03. The molecule has 3 rings (SSSR count). The number of amides is 1. The molecule has 0 saturated carbocycles. The van der Waals surface area contributed by atoms with Crippen molar-refractivity contribution >= 4 is 27.6 Å². The number of nitrogens with zero attached hydrogens (tertiary/aromatic N) is 1. The number of fused-ring (bicyclic) bond motifs is 1. The van der Waals surface area contributed by atoms with E-state index in [4.69, 9.17) is 5.11 Å². The van der Waals surface area contributed by atoms with Gasteiger partial charge in [-0.2, -0.15) is 0 Å². The number of hydrogen-bond donors (Lipinski definition) is 2. The fraction of sp³-hybridized carbons (Fsp3) is 0.263. The molecule has 0 saturated heterocycles. The van der Waals surface area contributed by atoms with Gasteiger partial charge in [0, 0.05) is 18.2 Å². The van der Waals surface area contributed by atoms with E-state index in [9.17, 15) is 18.0 Å². The van der Waals surface area contributed by atoms with Crippen LogP contribution in [0.4, 0.5) is 5.69 Å². The van der Waals surface area contributed by atoms with Crippen LogP contribution in [0, 0.1) is 0 Å². The van der Waals surface area contributed by atoms with Crippen LogP contribution in [0.15, 0.2) is 42.5 Å². The summed E-state index contributed by atoms with van der Waals surface area (Å²) < 4.78 is 25.3. The molecule has 0 radical (unpaired) electrons. The van der Waals surface area contributed by atoms with Gasteiger partial charge in [0.1, 0.15) is 0 Å². The summed E-state index contributed by atoms with van der Waals surface area (Å²) >= 11 is 0. The van der Waals surface area contributed by atoms with Gasteiger partial charge in [-0.1, -0.05) is 12.1 Å². The van der Waals surface area contributed by atoms with Crippen LogP contribution >= 0.6 is 0 Å². The largest absolute Gasteiger partial charge is 0.478 e. The smallest absolute Gasteiger partial charge is 0.335 e. The third-order valence-corrected chi connectivity index (χ3v) is 5.75. The van der Waals surface area contributed by atoms with E-state index in [-0.39, 0.29) is 24.1 Å². The topological polar surface area (TPSA) is 104 Å². The van der Waals surface area contributed by atoms with Crippen LogP contribution in [0.1, 0.15) is 38.8 Å². The zero-order valence-electron chi connectivity index (χ0n) is 15.0. The average molecular weight is 388 g/mol. The van der Waals surface area contributed by atoms with E-state index >= 15 is 0 Å². The van der Waals surface area contributed by atoms with Gasteiger partial charge in [0.05, 0.1) is 17.5 Å². The van der Waals surface area contributed by atoms with Gasteiger partial charge >= 0.3 is 5.97 Å². The fourth-order valence-electron chi connectivity index (χ4n) is 3.35. The molecule has 1 aliphatic heterocycles. The molecule has 0 fully saturated rings. The van der Waals surface area contributed by atoms with Crippen LogP contribution in [0.2, 0.25) is 0 Å². The Bertz CT molecular complexity index is 1020. The summed E-state index contributed by atoms with van der Waals surface area (Å²) in [5.74, 6) is -1.32. The highest BCUT2D eigenvalue weighted by molar-refractivity contribution is 7.92. The van der Waals surface area contributed by atoms with Crippen LogP contribution in [-0.2, 0) is 23.0 Å². The molecule has 0 bridgehead atoms. The third-order valence-electron chi connectivity index (χ3n) is 4.48. The monoisotopic (exact) mass is 388 g/mol. The third kappa shape index (κ3) is 3.95. The van der Waals surface area contributed by atoms with Crippen molar-refractivity contribution in [2.75, 3.05) is 10.6 Å². The quantitative estimate of drug-likeness (QED) is 0.816. The summed E-state index contributed by atoms with van der Waals surface area (Å²) in [5, 5.41) is 11.8. The van der Waals surface area contributed by atoms with Crippen molar-refractivity contribution in [2.24, 2.45) is 0 Å². The summed E-state index contributed by atoms with van der Waals surface area (Å²) in [6.45, 7) is 2.03. The lowest BCUT2D eigenvalue weighted by molar-refractivity contribution is 0.0696. The zero-order chi connectivity index (χ0) is 19.8. The summed E-state index contributed by atoms with van der Waals surface area (Å²) in [6, 6.07) is 11.1. The molecule has 1 atom stereocenters. The van der Waals surface area contributed by atoms with Crippen LogP contribution in [0.3, 0.4) is 0 Å². The van der Waals surface area contributed by atoms with Gasteiger partial charge in [-0.15, -0.1) is 0 Å². The Morgan fingerprint density at radius 1 is 1.19 bits per heavy atom. The van der Waals surface area contributed by atoms with Crippen molar-refractivity contribution < 1.29 is 23.1 Å². The molecule has 1 unspecified atom stereocenters. The van der Waals surface area contributed by atoms with Gasteiger partial charge in [-0.3, -0.25) is 9.10 Å². The van der Waals surface area contributed by atoms with Crippen molar-refractivity contribution in [3.05, 3.63) is 64.7 Å². The molecular formula is C19H20N2O5S. The van der Waals surface area contributed by atoms with Crippen molar-refractivity contribution in [1.82, 2.24) is 5.32 Å².